The molecule has 21 heavy (non-hydrogen) atoms. The lowest BCUT2D eigenvalue weighted by atomic mass is 10.1. The molecule has 0 amide bonds. The largest absolute Gasteiger partial charge is 0.506 e. The molecule has 2 aromatic carbocycles. The summed E-state index contributed by atoms with van der Waals surface area (Å²) in [5.74, 6) is 0.150. The lowest BCUT2D eigenvalue weighted by molar-refractivity contribution is 0.432. The topological polar surface area (TPSA) is 59.2 Å². The van der Waals surface area contributed by atoms with Gasteiger partial charge >= 0.3 is 0 Å². The monoisotopic (exact) mass is 304 g/mol. The minimum absolute atomic E-state index is 0.0267. The van der Waals surface area contributed by atoms with Crippen molar-refractivity contribution < 1.29 is 14.0 Å². The Morgan fingerprint density at radius 2 is 2.00 bits per heavy atom. The van der Waals surface area contributed by atoms with E-state index in [1.165, 1.54) is 24.3 Å². The van der Waals surface area contributed by atoms with E-state index in [2.05, 4.69) is 10.1 Å². The molecule has 0 fully saturated rings. The van der Waals surface area contributed by atoms with Crippen LogP contribution in [0.4, 0.5) is 4.39 Å². The molecule has 4 nitrogen and oxygen atoms in total. The Labute approximate surface area is 124 Å². The zero-order valence-electron chi connectivity index (χ0n) is 11.0. The first-order chi connectivity index (χ1) is 10.0. The Bertz CT molecular complexity index is 817. The number of aromatic hydroxyl groups is 1. The molecule has 3 aromatic rings. The highest BCUT2D eigenvalue weighted by atomic mass is 35.5. The molecule has 3 rings (SSSR count). The second kappa shape index (κ2) is 5.18. The summed E-state index contributed by atoms with van der Waals surface area (Å²) in [4.78, 5) is 4.24. The fraction of sp³-hybridized carbons (Fsp3) is 0.0667. The van der Waals surface area contributed by atoms with Crippen LogP contribution in [0.5, 0.6) is 5.75 Å². The molecule has 0 unspecified atom stereocenters. The number of hydrogen-bond donors (Lipinski definition) is 1. The quantitative estimate of drug-likeness (QED) is 0.770. The van der Waals surface area contributed by atoms with E-state index in [1.54, 1.807) is 12.1 Å². The Hall–Kier alpha value is -2.40. The molecule has 6 heteroatoms. The lowest BCUT2D eigenvalue weighted by Gasteiger charge is -2.00. The number of aromatic nitrogens is 2. The van der Waals surface area contributed by atoms with E-state index in [4.69, 9.17) is 16.1 Å². The maximum absolute atomic E-state index is 13.3. The Balaban J connectivity index is 2.03. The molecule has 0 bridgehead atoms. The van der Waals surface area contributed by atoms with E-state index in [1.807, 2.05) is 6.92 Å². The molecule has 0 saturated heterocycles. The van der Waals surface area contributed by atoms with Crippen LogP contribution in [0.15, 0.2) is 40.9 Å². The predicted molar refractivity (Wildman–Crippen MR) is 76.5 cm³/mol. The number of halogens is 2. The molecule has 0 aliphatic rings. The van der Waals surface area contributed by atoms with Crippen molar-refractivity contribution >= 4 is 11.6 Å². The molecule has 0 saturated carbocycles. The predicted octanol–water partition coefficient (Wildman–Crippen LogP) is 4.21. The molecule has 0 atom stereocenters. The zero-order valence-corrected chi connectivity index (χ0v) is 11.7. The van der Waals surface area contributed by atoms with E-state index < -0.39 is 0 Å². The average molecular weight is 305 g/mol. The van der Waals surface area contributed by atoms with Gasteiger partial charge in [0.25, 0.3) is 5.89 Å². The maximum atomic E-state index is 13.3. The number of phenols is 1. The van der Waals surface area contributed by atoms with Crippen molar-refractivity contribution in [2.45, 2.75) is 6.92 Å². The van der Waals surface area contributed by atoms with Crippen LogP contribution in [0, 0.1) is 12.7 Å². The van der Waals surface area contributed by atoms with Gasteiger partial charge in [0.1, 0.15) is 11.6 Å². The number of aryl methyl sites for hydroxylation is 1. The number of phenolic OH excluding ortho intramolecular Hbond substituents is 1. The highest BCUT2D eigenvalue weighted by Crippen LogP contribution is 2.30. The van der Waals surface area contributed by atoms with Gasteiger partial charge in [-0.25, -0.2) is 4.39 Å². The van der Waals surface area contributed by atoms with Crippen LogP contribution in [-0.4, -0.2) is 15.2 Å². The molecule has 1 N–H and O–H groups in total. The third-order valence-corrected chi connectivity index (χ3v) is 3.36. The van der Waals surface area contributed by atoms with E-state index in [9.17, 15) is 9.50 Å². The first-order valence-corrected chi connectivity index (χ1v) is 6.51. The summed E-state index contributed by atoms with van der Waals surface area (Å²) in [6.07, 6.45) is 0. The smallest absolute Gasteiger partial charge is 0.258 e. The molecule has 0 aliphatic heterocycles. The van der Waals surface area contributed by atoms with Crippen molar-refractivity contribution in [2.75, 3.05) is 0 Å². The summed E-state index contributed by atoms with van der Waals surface area (Å²) in [6.45, 7) is 1.84. The van der Waals surface area contributed by atoms with Gasteiger partial charge in [-0.3, -0.25) is 0 Å². The standard InChI is InChI=1S/C15H10ClFN2O2/c1-8-2-4-10(17)7-11(8)14-18-15(21-19-14)9-3-5-13(20)12(16)6-9/h2-7,20H,1H3. The van der Waals surface area contributed by atoms with Crippen molar-refractivity contribution in [3.05, 3.63) is 52.8 Å². The third-order valence-electron chi connectivity index (χ3n) is 3.06. The van der Waals surface area contributed by atoms with Gasteiger partial charge < -0.3 is 9.63 Å². The van der Waals surface area contributed by atoms with E-state index in [0.29, 0.717) is 17.0 Å². The zero-order chi connectivity index (χ0) is 15.0. The van der Waals surface area contributed by atoms with Crippen molar-refractivity contribution in [3.8, 4) is 28.6 Å². The van der Waals surface area contributed by atoms with E-state index in [-0.39, 0.29) is 22.5 Å². The number of nitrogens with zero attached hydrogens (tertiary/aromatic N) is 2. The van der Waals surface area contributed by atoms with Gasteiger partial charge in [0.2, 0.25) is 5.82 Å². The molecular formula is C15H10ClFN2O2. The van der Waals surface area contributed by atoms with Crippen molar-refractivity contribution in [3.63, 3.8) is 0 Å². The maximum Gasteiger partial charge on any atom is 0.258 e. The van der Waals surface area contributed by atoms with Crippen molar-refractivity contribution in [1.82, 2.24) is 10.1 Å². The van der Waals surface area contributed by atoms with Crippen molar-refractivity contribution in [1.29, 1.82) is 0 Å². The molecule has 0 aliphatic carbocycles. The minimum Gasteiger partial charge on any atom is -0.506 e. The van der Waals surface area contributed by atoms with Crippen LogP contribution in [0.25, 0.3) is 22.8 Å². The summed E-state index contributed by atoms with van der Waals surface area (Å²) in [6, 6.07) is 8.95. The van der Waals surface area contributed by atoms with E-state index >= 15 is 0 Å². The first kappa shape index (κ1) is 13.6. The van der Waals surface area contributed by atoms with Gasteiger partial charge in [0.15, 0.2) is 0 Å². The lowest BCUT2D eigenvalue weighted by Crippen LogP contribution is -1.87. The van der Waals surface area contributed by atoms with Crippen molar-refractivity contribution in [2.24, 2.45) is 0 Å². The van der Waals surface area contributed by atoms with Crippen LogP contribution in [-0.2, 0) is 0 Å². The molecule has 1 aromatic heterocycles. The minimum atomic E-state index is -0.366. The number of benzene rings is 2. The molecular weight excluding hydrogens is 295 g/mol. The molecule has 0 spiro atoms. The molecule has 0 radical (unpaired) electrons. The van der Waals surface area contributed by atoms with Crippen LogP contribution in [0.2, 0.25) is 5.02 Å². The van der Waals surface area contributed by atoms with Gasteiger partial charge in [-0.2, -0.15) is 4.98 Å². The van der Waals surface area contributed by atoms with Gasteiger partial charge in [-0.15, -0.1) is 0 Å². The third kappa shape index (κ3) is 2.60. The Kier molecular flexibility index (Phi) is 3.35. The summed E-state index contributed by atoms with van der Waals surface area (Å²) >= 11 is 5.84. The summed E-state index contributed by atoms with van der Waals surface area (Å²) in [5.41, 5.74) is 1.98. The Morgan fingerprint density at radius 1 is 1.19 bits per heavy atom. The second-order valence-corrected chi connectivity index (χ2v) is 4.96. The van der Waals surface area contributed by atoms with Crippen LogP contribution < -0.4 is 0 Å². The highest BCUT2D eigenvalue weighted by Gasteiger charge is 2.14. The van der Waals surface area contributed by atoms with E-state index in [0.717, 1.165) is 5.56 Å². The number of rotatable bonds is 2. The van der Waals surface area contributed by atoms with Gasteiger partial charge in [0.05, 0.1) is 5.02 Å². The van der Waals surface area contributed by atoms with Gasteiger partial charge in [0, 0.05) is 11.1 Å². The van der Waals surface area contributed by atoms with Crippen LogP contribution in [0.1, 0.15) is 5.56 Å². The average Bonchev–Trinajstić information content (AvgIpc) is 2.94. The second-order valence-electron chi connectivity index (χ2n) is 4.55. The van der Waals surface area contributed by atoms with Gasteiger partial charge in [-0.05, 0) is 42.8 Å². The molecule has 106 valence electrons. The van der Waals surface area contributed by atoms with Crippen LogP contribution in [0.3, 0.4) is 0 Å². The fourth-order valence-electron chi connectivity index (χ4n) is 1.93. The van der Waals surface area contributed by atoms with Gasteiger partial charge in [-0.1, -0.05) is 22.8 Å². The molecule has 1 heterocycles. The normalized spacial score (nSPS) is 10.8. The highest BCUT2D eigenvalue weighted by molar-refractivity contribution is 6.32. The summed E-state index contributed by atoms with van der Waals surface area (Å²) in [7, 11) is 0. The summed E-state index contributed by atoms with van der Waals surface area (Å²) < 4.78 is 18.5. The first-order valence-electron chi connectivity index (χ1n) is 6.14. The summed E-state index contributed by atoms with van der Waals surface area (Å²) in [5, 5.41) is 13.4. The fourth-order valence-corrected chi connectivity index (χ4v) is 2.11. The Morgan fingerprint density at radius 3 is 2.76 bits per heavy atom. The van der Waals surface area contributed by atoms with Crippen LogP contribution >= 0.6 is 11.6 Å². The number of hydrogen-bond acceptors (Lipinski definition) is 4. The SMILES string of the molecule is Cc1ccc(F)cc1-c1noc(-c2ccc(O)c(Cl)c2)n1.